The number of oxazole rings is 1. The summed E-state index contributed by atoms with van der Waals surface area (Å²) in [5.74, 6) is 0.545. The van der Waals surface area contributed by atoms with Crippen LogP contribution in [0.2, 0.25) is 0 Å². The molecule has 1 aromatic heterocycles. The van der Waals surface area contributed by atoms with Crippen molar-refractivity contribution in [3.05, 3.63) is 60.0 Å². The summed E-state index contributed by atoms with van der Waals surface area (Å²) < 4.78 is 5.85. The predicted molar refractivity (Wildman–Crippen MR) is 97.3 cm³/mol. The van der Waals surface area contributed by atoms with Crippen molar-refractivity contribution in [1.82, 2.24) is 4.98 Å². The lowest BCUT2D eigenvalue weighted by molar-refractivity contribution is -0.121. The van der Waals surface area contributed by atoms with E-state index in [1.807, 2.05) is 48.5 Å². The minimum Gasteiger partial charge on any atom is -0.440 e. The number of hydrogen-bond donors (Lipinski definition) is 2. The molecule has 5 heteroatoms. The lowest BCUT2D eigenvalue weighted by Gasteiger charge is -2.22. The van der Waals surface area contributed by atoms with Crippen molar-refractivity contribution in [3.8, 4) is 0 Å². The van der Waals surface area contributed by atoms with Gasteiger partial charge in [0, 0.05) is 18.2 Å². The second-order valence-corrected chi connectivity index (χ2v) is 6.77. The molecule has 25 heavy (non-hydrogen) atoms. The average Bonchev–Trinajstić information content (AvgIpc) is 3.22. The molecule has 3 N–H and O–H groups in total. The molecular formula is C20H21N3O2. The molecule has 1 fully saturated rings. The number of benzene rings is 2. The van der Waals surface area contributed by atoms with Crippen molar-refractivity contribution >= 4 is 22.7 Å². The van der Waals surface area contributed by atoms with Gasteiger partial charge in [0.1, 0.15) is 5.52 Å². The van der Waals surface area contributed by atoms with E-state index in [4.69, 9.17) is 10.2 Å². The van der Waals surface area contributed by atoms with Crippen molar-refractivity contribution in [2.45, 2.75) is 37.6 Å². The van der Waals surface area contributed by atoms with Crippen LogP contribution in [0.1, 0.15) is 37.1 Å². The molecule has 0 unspecified atom stereocenters. The van der Waals surface area contributed by atoms with Gasteiger partial charge in [0.05, 0.1) is 5.54 Å². The highest BCUT2D eigenvalue weighted by Gasteiger charge is 2.37. The van der Waals surface area contributed by atoms with Crippen molar-refractivity contribution in [1.29, 1.82) is 0 Å². The number of fused-ring (bicyclic) bond motifs is 1. The zero-order valence-electron chi connectivity index (χ0n) is 14.0. The van der Waals surface area contributed by atoms with Crippen LogP contribution in [0.3, 0.4) is 0 Å². The number of nitrogens with one attached hydrogen (secondary N) is 1. The summed E-state index contributed by atoms with van der Waals surface area (Å²) in [5, 5.41) is 2.92. The van der Waals surface area contributed by atoms with E-state index in [2.05, 4.69) is 10.3 Å². The van der Waals surface area contributed by atoms with Crippen LogP contribution >= 0.6 is 0 Å². The number of carbonyl (C=O) groups excluding carboxylic acids is 1. The van der Waals surface area contributed by atoms with Crippen molar-refractivity contribution in [2.75, 3.05) is 5.32 Å². The summed E-state index contributed by atoms with van der Waals surface area (Å²) in [6, 6.07) is 15.6. The minimum atomic E-state index is -0.741. The first-order valence-corrected chi connectivity index (χ1v) is 8.66. The summed E-state index contributed by atoms with van der Waals surface area (Å²) in [6.07, 6.45) is 4.14. The smallest absolute Gasteiger partial charge is 0.244 e. The number of carbonyl (C=O) groups is 1. The molecule has 1 aliphatic rings. The van der Waals surface area contributed by atoms with E-state index in [0.717, 1.165) is 36.8 Å². The summed E-state index contributed by atoms with van der Waals surface area (Å²) in [7, 11) is 0. The largest absolute Gasteiger partial charge is 0.440 e. The lowest BCUT2D eigenvalue weighted by atomic mass is 9.98. The second kappa shape index (κ2) is 6.33. The third-order valence-electron chi connectivity index (χ3n) is 4.84. The Labute approximate surface area is 146 Å². The molecule has 0 atom stereocenters. The van der Waals surface area contributed by atoms with Crippen LogP contribution in [0, 0.1) is 0 Å². The maximum Gasteiger partial charge on any atom is 0.244 e. The molecule has 1 aliphatic carbocycles. The first-order chi connectivity index (χ1) is 12.1. The molecule has 0 spiro atoms. The highest BCUT2D eigenvalue weighted by molar-refractivity contribution is 5.99. The molecule has 4 rings (SSSR count). The summed E-state index contributed by atoms with van der Waals surface area (Å²) in [6.45, 7) is 0. The zero-order valence-corrected chi connectivity index (χ0v) is 14.0. The Hall–Kier alpha value is -2.66. The maximum absolute atomic E-state index is 12.4. The van der Waals surface area contributed by atoms with E-state index in [0.29, 0.717) is 23.6 Å². The Morgan fingerprint density at radius 1 is 1.16 bits per heavy atom. The molecule has 1 saturated carbocycles. The molecule has 0 aliphatic heterocycles. The normalized spacial score (nSPS) is 16.2. The number of hydrogen-bond acceptors (Lipinski definition) is 4. The molecule has 128 valence electrons. The van der Waals surface area contributed by atoms with Crippen LogP contribution in [0.15, 0.2) is 52.9 Å². The van der Waals surface area contributed by atoms with Crippen molar-refractivity contribution in [2.24, 2.45) is 5.73 Å². The fraction of sp³-hybridized carbons (Fsp3) is 0.300. The summed E-state index contributed by atoms with van der Waals surface area (Å²) in [4.78, 5) is 17.0. The number of nitrogens with zero attached hydrogens (tertiary/aromatic N) is 1. The molecule has 1 heterocycles. The molecule has 1 amide bonds. The first kappa shape index (κ1) is 15.8. The van der Waals surface area contributed by atoms with Crippen LogP contribution in [0.4, 0.5) is 5.69 Å². The molecule has 2 aromatic carbocycles. The van der Waals surface area contributed by atoms with Crippen LogP contribution in [0.5, 0.6) is 0 Å². The van der Waals surface area contributed by atoms with Gasteiger partial charge < -0.3 is 15.5 Å². The Balaban J connectivity index is 1.53. The number of rotatable bonds is 4. The van der Waals surface area contributed by atoms with Crippen molar-refractivity contribution < 1.29 is 9.21 Å². The van der Waals surface area contributed by atoms with Crippen molar-refractivity contribution in [3.63, 3.8) is 0 Å². The van der Waals surface area contributed by atoms with Gasteiger partial charge in [0.15, 0.2) is 11.5 Å². The number of anilines is 1. The van der Waals surface area contributed by atoms with Crippen LogP contribution in [-0.2, 0) is 11.2 Å². The maximum atomic E-state index is 12.4. The quantitative estimate of drug-likeness (QED) is 0.763. The molecule has 0 saturated heterocycles. The monoisotopic (exact) mass is 335 g/mol. The zero-order chi connectivity index (χ0) is 17.3. The van der Waals surface area contributed by atoms with E-state index in [-0.39, 0.29) is 5.91 Å². The van der Waals surface area contributed by atoms with E-state index < -0.39 is 5.54 Å². The third-order valence-corrected chi connectivity index (χ3v) is 4.84. The Bertz CT molecular complexity index is 896. The number of aromatic nitrogens is 1. The van der Waals surface area contributed by atoms with Gasteiger partial charge in [-0.2, -0.15) is 0 Å². The molecule has 0 radical (unpaired) electrons. The van der Waals surface area contributed by atoms with Gasteiger partial charge >= 0.3 is 0 Å². The SMILES string of the molecule is NC1(C(=O)Nc2ccc3nc(Cc4ccccc4)oc3c2)CCCC1. The van der Waals surface area contributed by atoms with Crippen LogP contribution in [0.25, 0.3) is 11.1 Å². The Kier molecular flexibility index (Phi) is 4.01. The predicted octanol–water partition coefficient (Wildman–Crippen LogP) is 3.63. The molecule has 0 bridgehead atoms. The highest BCUT2D eigenvalue weighted by atomic mass is 16.3. The van der Waals surface area contributed by atoms with Gasteiger partial charge in [0.2, 0.25) is 5.91 Å². The van der Waals surface area contributed by atoms with E-state index >= 15 is 0 Å². The second-order valence-electron chi connectivity index (χ2n) is 6.77. The first-order valence-electron chi connectivity index (χ1n) is 8.66. The van der Waals surface area contributed by atoms with Gasteiger partial charge in [-0.05, 0) is 30.5 Å². The van der Waals surface area contributed by atoms with Gasteiger partial charge in [-0.1, -0.05) is 43.2 Å². The van der Waals surface area contributed by atoms with E-state index in [1.165, 1.54) is 0 Å². The molecular weight excluding hydrogens is 314 g/mol. The fourth-order valence-electron chi connectivity index (χ4n) is 3.38. The summed E-state index contributed by atoms with van der Waals surface area (Å²) >= 11 is 0. The Morgan fingerprint density at radius 3 is 2.68 bits per heavy atom. The molecule has 5 nitrogen and oxygen atoms in total. The van der Waals surface area contributed by atoms with Gasteiger partial charge in [-0.3, -0.25) is 4.79 Å². The highest BCUT2D eigenvalue weighted by Crippen LogP contribution is 2.29. The topological polar surface area (TPSA) is 81.2 Å². The van der Waals surface area contributed by atoms with Gasteiger partial charge in [0.25, 0.3) is 0 Å². The van der Waals surface area contributed by atoms with E-state index in [1.54, 1.807) is 0 Å². The van der Waals surface area contributed by atoms with Gasteiger partial charge in [-0.15, -0.1) is 0 Å². The standard InChI is InChI=1S/C20H21N3O2/c21-20(10-4-5-11-20)19(24)22-15-8-9-16-17(13-15)25-18(23-16)12-14-6-2-1-3-7-14/h1-3,6-9,13H,4-5,10-12,21H2,(H,22,24). The number of amides is 1. The summed E-state index contributed by atoms with van der Waals surface area (Å²) in [5.41, 5.74) is 8.75. The number of nitrogens with two attached hydrogens (primary N) is 1. The van der Waals surface area contributed by atoms with E-state index in [9.17, 15) is 4.79 Å². The average molecular weight is 335 g/mol. The van der Waals surface area contributed by atoms with Crippen LogP contribution in [-0.4, -0.2) is 16.4 Å². The lowest BCUT2D eigenvalue weighted by Crippen LogP contribution is -2.48. The van der Waals surface area contributed by atoms with Crippen LogP contribution < -0.4 is 11.1 Å². The van der Waals surface area contributed by atoms with Gasteiger partial charge in [-0.25, -0.2) is 4.98 Å². The third kappa shape index (κ3) is 3.28. The minimum absolute atomic E-state index is 0.117. The Morgan fingerprint density at radius 2 is 1.92 bits per heavy atom. The molecule has 3 aromatic rings. The fourth-order valence-corrected chi connectivity index (χ4v) is 3.38.